The van der Waals surface area contributed by atoms with E-state index in [9.17, 15) is 0 Å². The molecule has 19 valence electrons. The molecule has 0 aliphatic rings. The van der Waals surface area contributed by atoms with Crippen LogP contribution in [0, 0.1) is 0 Å². The molecule has 0 rings (SSSR count). The van der Waals surface area contributed by atoms with Gasteiger partial charge in [0.25, 0.3) is 0 Å². The van der Waals surface area contributed by atoms with E-state index >= 15 is 0 Å². The molecule has 0 bridgehead atoms. The first-order valence-corrected chi connectivity index (χ1v) is 0. The van der Waals surface area contributed by atoms with E-state index in [1.165, 1.54) is 0 Å². The Labute approximate surface area is 117 Å². The second-order valence-electron chi connectivity index (χ2n) is 0. The largest absolute Gasteiger partial charge is 0 e. The van der Waals surface area contributed by atoms with Gasteiger partial charge in [0, 0.05) is 51.8 Å². The molecule has 0 amide bonds. The van der Waals surface area contributed by atoms with Crippen LogP contribution in [-0.2, 0) is 34.4 Å². The van der Waals surface area contributed by atoms with Crippen LogP contribution in [0.15, 0.2) is 0 Å². The van der Waals surface area contributed by atoms with Crippen molar-refractivity contribution < 1.29 is 34.4 Å². The summed E-state index contributed by atoms with van der Waals surface area (Å²) in [7, 11) is 0. The van der Waals surface area contributed by atoms with Crippen molar-refractivity contribution in [1.82, 2.24) is 0 Å². The molecule has 0 saturated carbocycles. The van der Waals surface area contributed by atoms with E-state index in [-0.39, 0.29) is 121 Å². The van der Waals surface area contributed by atoms with Crippen LogP contribution in [-0.4, -0.2) is 86.3 Å². The molecule has 0 fully saturated rings. The third kappa shape index (κ3) is 9.16. The van der Waals surface area contributed by atoms with Gasteiger partial charge in [-0.25, -0.2) is 0 Å². The van der Waals surface area contributed by atoms with Gasteiger partial charge in [-0.05, 0) is 0 Å². The summed E-state index contributed by atoms with van der Waals surface area (Å²) in [6.45, 7) is 0. The van der Waals surface area contributed by atoms with Crippen molar-refractivity contribution in [3.8, 4) is 0 Å². The van der Waals surface area contributed by atoms with Crippen molar-refractivity contribution in [2.45, 2.75) is 0 Å². The summed E-state index contributed by atoms with van der Waals surface area (Å²) in [5.41, 5.74) is 0. The first-order valence-electron chi connectivity index (χ1n) is 0. The molecule has 0 aromatic heterocycles. The Bertz CT molecular complexity index is 8.00. The Morgan fingerprint density at radius 1 is 1.00 bits per heavy atom. The van der Waals surface area contributed by atoms with Crippen LogP contribution < -0.4 is 0 Å². The number of hydrogen-bond acceptors (Lipinski definition) is 0. The first-order chi connectivity index (χ1) is 0. The van der Waals surface area contributed by atoms with Crippen molar-refractivity contribution in [1.29, 1.82) is 0 Å². The van der Waals surface area contributed by atoms with Crippen molar-refractivity contribution in [2.24, 2.45) is 0 Å². The molecule has 4 heavy (non-hydrogen) atoms. The van der Waals surface area contributed by atoms with E-state index < -0.39 is 0 Å². The van der Waals surface area contributed by atoms with Gasteiger partial charge in [-0.2, -0.15) is 0 Å². The molecule has 4 heteroatoms. The van der Waals surface area contributed by atoms with E-state index in [1.807, 2.05) is 0 Å². The molecule has 0 aliphatic heterocycles. The predicted octanol–water partition coefficient (Wildman–Crippen LogP) is -1.03. The molecule has 0 aliphatic carbocycles. The first kappa shape index (κ1) is 25.4. The molecule has 0 nitrogen and oxygen atoms in total. The van der Waals surface area contributed by atoms with Crippen molar-refractivity contribution in [3.63, 3.8) is 0 Å². The van der Waals surface area contributed by atoms with Gasteiger partial charge in [0.05, 0.1) is 0 Å². The van der Waals surface area contributed by atoms with Gasteiger partial charge in [-0.3, -0.25) is 0 Å². The number of rotatable bonds is 0. The minimum atomic E-state index is 0. The van der Waals surface area contributed by atoms with Crippen LogP contribution in [0.1, 0.15) is 0 Å². The van der Waals surface area contributed by atoms with E-state index in [0.717, 1.165) is 0 Å². The zero-order valence-electron chi connectivity index (χ0n) is 1.34. The van der Waals surface area contributed by atoms with Crippen LogP contribution in [0.2, 0.25) is 0 Å². The fourth-order valence-corrected chi connectivity index (χ4v) is 0. The SMILES string of the molecule is [Al].[Cr].[CsH].[Fe]. The van der Waals surface area contributed by atoms with Crippen LogP contribution in [0.4, 0.5) is 0 Å². The summed E-state index contributed by atoms with van der Waals surface area (Å²) < 4.78 is 0. The summed E-state index contributed by atoms with van der Waals surface area (Å²) in [6.07, 6.45) is 0. The standard InChI is InChI=1S/Al.Cr.Cs.Fe.H. The van der Waals surface area contributed by atoms with Gasteiger partial charge >= 0.3 is 68.9 Å². The van der Waals surface area contributed by atoms with Gasteiger partial charge in [0.15, 0.2) is 0 Å². The minimum Gasteiger partial charge on any atom is 0 e. The van der Waals surface area contributed by atoms with E-state index in [1.54, 1.807) is 0 Å². The fourth-order valence-electron chi connectivity index (χ4n) is 0. The van der Waals surface area contributed by atoms with Gasteiger partial charge in [-0.1, -0.05) is 0 Å². The van der Waals surface area contributed by atoms with Crippen LogP contribution >= 0.6 is 0 Å². The molecule has 0 spiro atoms. The Morgan fingerprint density at radius 2 is 1.00 bits per heavy atom. The Morgan fingerprint density at radius 3 is 1.00 bits per heavy atom. The van der Waals surface area contributed by atoms with Crippen molar-refractivity contribution >= 4 is 86.3 Å². The number of hydrogen-bond donors (Lipinski definition) is 0. The fraction of sp³-hybridized carbons (Fsp3) is 0. The van der Waals surface area contributed by atoms with Crippen molar-refractivity contribution in [3.05, 3.63) is 0 Å². The minimum absolute atomic E-state index is 0. The summed E-state index contributed by atoms with van der Waals surface area (Å²) in [5, 5.41) is 0. The molecule has 0 atom stereocenters. The summed E-state index contributed by atoms with van der Waals surface area (Å²) in [6, 6.07) is 0. The van der Waals surface area contributed by atoms with E-state index in [0.29, 0.717) is 0 Å². The molecule has 0 aromatic carbocycles. The molecular formula is HAlCrCsFe. The Balaban J connectivity index is 0. The maximum atomic E-state index is 0. The molecule has 0 unspecified atom stereocenters. The summed E-state index contributed by atoms with van der Waals surface area (Å²) in [4.78, 5) is 0. The molecular weight excluding hydrogens is 268 g/mol. The second-order valence-corrected chi connectivity index (χ2v) is 0. The average Bonchev–Trinajstić information content (AvgIpc) is 0. The monoisotopic (exact) mass is 269 g/mol. The smallest absolute Gasteiger partial charge is 0 e. The van der Waals surface area contributed by atoms with Gasteiger partial charge in [0.2, 0.25) is 0 Å². The Hall–Kier alpha value is 3.64. The topological polar surface area (TPSA) is 0 Å². The van der Waals surface area contributed by atoms with Gasteiger partial charge in [-0.15, -0.1) is 0 Å². The zero-order valence-corrected chi connectivity index (χ0v) is 4.87. The second kappa shape index (κ2) is 15.9. The predicted molar refractivity (Wildman–Crippen MR) is 12.9 cm³/mol. The van der Waals surface area contributed by atoms with E-state index in [4.69, 9.17) is 0 Å². The summed E-state index contributed by atoms with van der Waals surface area (Å²) in [5.74, 6) is 0. The van der Waals surface area contributed by atoms with Crippen LogP contribution in [0.3, 0.4) is 0 Å². The van der Waals surface area contributed by atoms with Gasteiger partial charge in [0.1, 0.15) is 0 Å². The molecule has 0 heterocycles. The normalized spacial score (nSPS) is 0. The zero-order chi connectivity index (χ0) is 0. The third-order valence-corrected chi connectivity index (χ3v) is 0. The average molecular weight is 269 g/mol. The van der Waals surface area contributed by atoms with Crippen molar-refractivity contribution in [2.75, 3.05) is 0 Å². The molecule has 0 N–H and O–H groups in total. The van der Waals surface area contributed by atoms with Gasteiger partial charge < -0.3 is 0 Å². The maximum Gasteiger partial charge on any atom is 0 e. The molecule has 3 radical (unpaired) electrons. The Kier molecular flexibility index (Phi) is 101. The third-order valence-electron chi connectivity index (χ3n) is 0. The maximum absolute atomic E-state index is 0. The molecule has 0 saturated heterocycles. The quantitative estimate of drug-likeness (QED) is 0.493. The van der Waals surface area contributed by atoms with E-state index in [2.05, 4.69) is 0 Å². The van der Waals surface area contributed by atoms with Crippen LogP contribution in [0.5, 0.6) is 0 Å². The summed E-state index contributed by atoms with van der Waals surface area (Å²) >= 11 is 0. The van der Waals surface area contributed by atoms with Crippen LogP contribution in [0.25, 0.3) is 0 Å². The molecule has 0 aromatic rings.